The molecule has 0 aliphatic rings. The molecular formula is C22H27F2IN6O. The maximum absolute atomic E-state index is 13.9. The van der Waals surface area contributed by atoms with Crippen LogP contribution < -0.4 is 15.4 Å². The predicted molar refractivity (Wildman–Crippen MR) is 130 cm³/mol. The fourth-order valence-corrected chi connectivity index (χ4v) is 2.89. The van der Waals surface area contributed by atoms with Crippen LogP contribution in [0.15, 0.2) is 47.5 Å². The van der Waals surface area contributed by atoms with Crippen molar-refractivity contribution in [2.24, 2.45) is 12.0 Å². The lowest BCUT2D eigenvalue weighted by molar-refractivity contribution is 0.414. The lowest BCUT2D eigenvalue weighted by Crippen LogP contribution is -2.38. The summed E-state index contributed by atoms with van der Waals surface area (Å²) in [5, 5.41) is 14.6. The molecule has 0 spiro atoms. The first-order valence-corrected chi connectivity index (χ1v) is 9.90. The van der Waals surface area contributed by atoms with Gasteiger partial charge in [0.15, 0.2) is 11.8 Å². The number of hydrogen-bond acceptors (Lipinski definition) is 4. The molecule has 0 radical (unpaired) electrons. The van der Waals surface area contributed by atoms with Crippen molar-refractivity contribution >= 4 is 29.9 Å². The summed E-state index contributed by atoms with van der Waals surface area (Å²) in [5.41, 5.74) is 1.32. The quantitative estimate of drug-likeness (QED) is 0.253. The van der Waals surface area contributed by atoms with Gasteiger partial charge in [0.05, 0.1) is 20.2 Å². The van der Waals surface area contributed by atoms with Gasteiger partial charge < -0.3 is 19.9 Å². The number of ether oxygens (including phenoxy) is 1. The van der Waals surface area contributed by atoms with Crippen LogP contribution in [0.2, 0.25) is 0 Å². The van der Waals surface area contributed by atoms with Crippen LogP contribution in [0.1, 0.15) is 22.8 Å². The summed E-state index contributed by atoms with van der Waals surface area (Å²) in [7, 11) is 3.51. The van der Waals surface area contributed by atoms with Gasteiger partial charge in [-0.25, -0.2) is 13.8 Å². The number of aromatic nitrogens is 3. The van der Waals surface area contributed by atoms with Crippen LogP contribution in [0.25, 0.3) is 0 Å². The van der Waals surface area contributed by atoms with Gasteiger partial charge in [0.2, 0.25) is 0 Å². The molecule has 3 rings (SSSR count). The Balaban J connectivity index is 0.00000363. The minimum absolute atomic E-state index is 0. The lowest BCUT2D eigenvalue weighted by Gasteiger charge is -2.13. The minimum atomic E-state index is -0.458. The Morgan fingerprint density at radius 3 is 2.50 bits per heavy atom. The first-order valence-electron chi connectivity index (χ1n) is 9.90. The second-order valence-corrected chi connectivity index (χ2v) is 7.00. The molecule has 1 heterocycles. The maximum atomic E-state index is 13.9. The Morgan fingerprint density at radius 2 is 1.84 bits per heavy atom. The summed E-state index contributed by atoms with van der Waals surface area (Å²) in [5.74, 6) is 1.99. The molecule has 0 saturated carbocycles. The van der Waals surface area contributed by atoms with Gasteiger partial charge in [0.1, 0.15) is 23.2 Å². The number of rotatable bonds is 8. The summed E-state index contributed by atoms with van der Waals surface area (Å²) in [6.45, 7) is 3.11. The molecule has 0 aliphatic heterocycles. The molecule has 1 aromatic heterocycles. The number of benzene rings is 2. The van der Waals surface area contributed by atoms with Gasteiger partial charge in [-0.1, -0.05) is 12.1 Å². The third kappa shape index (κ3) is 7.14. The normalized spacial score (nSPS) is 11.1. The highest BCUT2D eigenvalue weighted by Gasteiger charge is 2.08. The molecule has 0 bridgehead atoms. The molecule has 0 fully saturated rings. The number of nitrogens with zero attached hydrogens (tertiary/aromatic N) is 4. The van der Waals surface area contributed by atoms with Crippen LogP contribution in [-0.2, 0) is 26.6 Å². The fourth-order valence-electron chi connectivity index (χ4n) is 2.89. The Kier molecular flexibility index (Phi) is 9.82. The van der Waals surface area contributed by atoms with E-state index in [4.69, 9.17) is 4.74 Å². The van der Waals surface area contributed by atoms with Crippen molar-refractivity contribution in [3.8, 4) is 5.75 Å². The summed E-state index contributed by atoms with van der Waals surface area (Å²) < 4.78 is 34.3. The van der Waals surface area contributed by atoms with Crippen molar-refractivity contribution in [3.63, 3.8) is 0 Å². The van der Waals surface area contributed by atoms with E-state index >= 15 is 0 Å². The molecule has 7 nitrogen and oxygen atoms in total. The average Bonchev–Trinajstić information content (AvgIpc) is 3.10. The SMILES string of the molecule is COc1ccc(CN=C(NCCc2cc(F)ccc2F)NCc2nnc(C)n2C)cc1.I. The monoisotopic (exact) mass is 556 g/mol. The predicted octanol–water partition coefficient (Wildman–Crippen LogP) is 3.51. The van der Waals surface area contributed by atoms with Gasteiger partial charge >= 0.3 is 0 Å². The van der Waals surface area contributed by atoms with Gasteiger partial charge in [0, 0.05) is 13.6 Å². The zero-order chi connectivity index (χ0) is 22.2. The van der Waals surface area contributed by atoms with Crippen LogP contribution >= 0.6 is 24.0 Å². The number of aliphatic imine (C=N–C) groups is 1. The second kappa shape index (κ2) is 12.3. The molecule has 2 aromatic carbocycles. The van der Waals surface area contributed by atoms with Gasteiger partial charge in [-0.3, -0.25) is 0 Å². The third-order valence-corrected chi connectivity index (χ3v) is 4.87. The number of hydrogen-bond donors (Lipinski definition) is 2. The highest BCUT2D eigenvalue weighted by Crippen LogP contribution is 2.12. The Labute approximate surface area is 203 Å². The summed E-state index contributed by atoms with van der Waals surface area (Å²) in [4.78, 5) is 4.60. The zero-order valence-electron chi connectivity index (χ0n) is 18.2. The van der Waals surface area contributed by atoms with E-state index in [1.165, 1.54) is 6.07 Å². The molecular weight excluding hydrogens is 529 g/mol. The van der Waals surface area contributed by atoms with Crippen LogP contribution in [0.5, 0.6) is 5.75 Å². The van der Waals surface area contributed by atoms with Crippen molar-refractivity contribution in [2.75, 3.05) is 13.7 Å². The Morgan fingerprint density at radius 1 is 1.09 bits per heavy atom. The van der Waals surface area contributed by atoms with E-state index in [2.05, 4.69) is 25.8 Å². The molecule has 2 N–H and O–H groups in total. The number of methoxy groups -OCH3 is 1. The highest BCUT2D eigenvalue weighted by molar-refractivity contribution is 14.0. The van der Waals surface area contributed by atoms with Crippen molar-refractivity contribution < 1.29 is 13.5 Å². The van der Waals surface area contributed by atoms with Crippen LogP contribution in [0.4, 0.5) is 8.78 Å². The minimum Gasteiger partial charge on any atom is -0.497 e. The van der Waals surface area contributed by atoms with E-state index in [0.29, 0.717) is 37.6 Å². The number of halogens is 3. The number of guanidine groups is 1. The van der Waals surface area contributed by atoms with E-state index in [-0.39, 0.29) is 24.0 Å². The summed E-state index contributed by atoms with van der Waals surface area (Å²) >= 11 is 0. The third-order valence-electron chi connectivity index (χ3n) is 4.87. The number of aryl methyl sites for hydroxylation is 1. The van der Waals surface area contributed by atoms with Crippen LogP contribution in [0.3, 0.4) is 0 Å². The van der Waals surface area contributed by atoms with Crippen molar-refractivity contribution in [1.82, 2.24) is 25.4 Å². The molecule has 0 aliphatic carbocycles. The largest absolute Gasteiger partial charge is 0.497 e. The molecule has 10 heteroatoms. The molecule has 0 saturated heterocycles. The lowest BCUT2D eigenvalue weighted by atomic mass is 10.1. The smallest absolute Gasteiger partial charge is 0.191 e. The summed E-state index contributed by atoms with van der Waals surface area (Å²) in [6, 6.07) is 11.1. The first-order chi connectivity index (χ1) is 15.0. The zero-order valence-corrected chi connectivity index (χ0v) is 20.6. The van der Waals surface area contributed by atoms with E-state index in [1.807, 2.05) is 42.8 Å². The van der Waals surface area contributed by atoms with E-state index in [0.717, 1.165) is 35.1 Å². The fraction of sp³-hybridized carbons (Fsp3) is 0.318. The van der Waals surface area contributed by atoms with Crippen molar-refractivity contribution in [1.29, 1.82) is 0 Å². The molecule has 32 heavy (non-hydrogen) atoms. The van der Waals surface area contributed by atoms with Crippen LogP contribution in [0, 0.1) is 18.6 Å². The van der Waals surface area contributed by atoms with Crippen molar-refractivity contribution in [2.45, 2.75) is 26.4 Å². The van der Waals surface area contributed by atoms with Crippen LogP contribution in [-0.4, -0.2) is 34.4 Å². The van der Waals surface area contributed by atoms with Gasteiger partial charge in [-0.05, 0) is 54.8 Å². The Hall–Kier alpha value is -2.76. The average molecular weight is 556 g/mol. The van der Waals surface area contributed by atoms with E-state index in [1.54, 1.807) is 7.11 Å². The van der Waals surface area contributed by atoms with Gasteiger partial charge in [-0.2, -0.15) is 0 Å². The van der Waals surface area contributed by atoms with Gasteiger partial charge in [-0.15, -0.1) is 34.2 Å². The standard InChI is InChI=1S/C22H26F2N6O.HI/c1-15-28-29-21(30(15)2)14-27-22(26-13-16-4-7-19(31-3)8-5-16)25-11-10-17-12-18(23)6-9-20(17)24;/h4-9,12H,10-11,13-14H2,1-3H3,(H2,25,26,27);1H. The maximum Gasteiger partial charge on any atom is 0.191 e. The molecule has 0 atom stereocenters. The first kappa shape index (κ1) is 25.5. The van der Waals surface area contributed by atoms with Gasteiger partial charge in [0.25, 0.3) is 0 Å². The summed E-state index contributed by atoms with van der Waals surface area (Å²) in [6.07, 6.45) is 0.315. The number of nitrogens with one attached hydrogen (secondary N) is 2. The molecule has 172 valence electrons. The second-order valence-electron chi connectivity index (χ2n) is 7.00. The highest BCUT2D eigenvalue weighted by atomic mass is 127. The molecule has 3 aromatic rings. The van der Waals surface area contributed by atoms with E-state index < -0.39 is 11.6 Å². The van der Waals surface area contributed by atoms with Crippen molar-refractivity contribution in [3.05, 3.63) is 76.9 Å². The molecule has 0 amide bonds. The topological polar surface area (TPSA) is 76.4 Å². The Bertz CT molecular complexity index is 1040. The molecule has 0 unspecified atom stereocenters. The van der Waals surface area contributed by atoms with E-state index in [9.17, 15) is 8.78 Å².